The second kappa shape index (κ2) is 10.4. The largest absolute Gasteiger partial charge is 0.322 e. The van der Waals surface area contributed by atoms with E-state index in [0.717, 1.165) is 32.8 Å². The first-order valence-electron chi connectivity index (χ1n) is 11.6. The zero-order valence-electron chi connectivity index (χ0n) is 20.1. The van der Waals surface area contributed by atoms with Crippen molar-refractivity contribution < 1.29 is 13.3 Å². The number of aromatic amines is 1. The molecule has 4 aromatic rings. The molecule has 0 aliphatic rings. The van der Waals surface area contributed by atoms with Crippen LogP contribution in [0.15, 0.2) is 82.5 Å². The average Bonchev–Trinajstić information content (AvgIpc) is 2.86. The van der Waals surface area contributed by atoms with E-state index in [1.54, 1.807) is 6.07 Å². The van der Waals surface area contributed by atoms with E-state index in [1.807, 2.05) is 56.3 Å². The second-order valence-electron chi connectivity index (χ2n) is 8.70. The molecule has 0 amide bonds. The van der Waals surface area contributed by atoms with E-state index < -0.39 is 31.1 Å². The number of aromatic nitrogens is 1. The molecule has 0 radical (unpaired) electrons. The van der Waals surface area contributed by atoms with Gasteiger partial charge in [-0.05, 0) is 60.5 Å². The first-order chi connectivity index (χ1) is 17.2. The molecule has 1 N–H and O–H groups in total. The summed E-state index contributed by atoms with van der Waals surface area (Å²) < 4.78 is 28.6. The van der Waals surface area contributed by atoms with Gasteiger partial charge >= 0.3 is 0 Å². The van der Waals surface area contributed by atoms with Crippen molar-refractivity contribution in [2.45, 2.75) is 38.1 Å². The summed E-state index contributed by atoms with van der Waals surface area (Å²) in [5, 5.41) is 12.4. The Morgan fingerprint density at radius 1 is 0.972 bits per heavy atom. The minimum Gasteiger partial charge on any atom is -0.322 e. The van der Waals surface area contributed by atoms with Crippen LogP contribution >= 0.6 is 0 Å². The molecule has 0 fully saturated rings. The van der Waals surface area contributed by atoms with Crippen molar-refractivity contribution in [1.29, 1.82) is 0 Å². The predicted molar refractivity (Wildman–Crippen MR) is 140 cm³/mol. The lowest BCUT2D eigenvalue weighted by atomic mass is 10.1. The molecule has 36 heavy (non-hydrogen) atoms. The van der Waals surface area contributed by atoms with Crippen molar-refractivity contribution in [3.8, 4) is 0 Å². The number of nitrogens with zero attached hydrogens (tertiary/aromatic N) is 2. The minimum atomic E-state index is -4.30. The summed E-state index contributed by atoms with van der Waals surface area (Å²) in [6, 6.07) is 20.4. The van der Waals surface area contributed by atoms with Crippen LogP contribution in [-0.2, 0) is 29.4 Å². The van der Waals surface area contributed by atoms with Gasteiger partial charge in [0.15, 0.2) is 4.90 Å². The van der Waals surface area contributed by atoms with Crippen molar-refractivity contribution >= 4 is 26.6 Å². The molecule has 0 atom stereocenters. The van der Waals surface area contributed by atoms with Crippen LogP contribution in [0, 0.1) is 17.0 Å². The summed E-state index contributed by atoms with van der Waals surface area (Å²) in [7, 11) is -4.30. The molecule has 1 heterocycles. The Morgan fingerprint density at radius 2 is 1.75 bits per heavy atom. The number of H-pyrrole nitrogens is 1. The number of aryl methyl sites for hydroxylation is 2. The van der Waals surface area contributed by atoms with Gasteiger partial charge in [-0.2, -0.15) is 4.31 Å². The predicted octanol–water partition coefficient (Wildman–Crippen LogP) is 4.74. The summed E-state index contributed by atoms with van der Waals surface area (Å²) in [6.07, 6.45) is 1.20. The van der Waals surface area contributed by atoms with Crippen LogP contribution in [0.3, 0.4) is 0 Å². The SMILES string of the molecule is CCc1ccc2[nH]c(=O)c(CN(CCc3cccc(C)c3)S(=O)(=O)c3ccccc3[N+](=O)[O-])cc2c1. The Labute approximate surface area is 209 Å². The maximum atomic E-state index is 13.7. The van der Waals surface area contributed by atoms with Gasteiger partial charge in [0.2, 0.25) is 10.0 Å². The fourth-order valence-corrected chi connectivity index (χ4v) is 5.78. The maximum Gasteiger partial charge on any atom is 0.289 e. The first kappa shape index (κ1) is 25.3. The zero-order valence-corrected chi connectivity index (χ0v) is 20.9. The molecule has 0 saturated carbocycles. The van der Waals surface area contributed by atoms with Gasteiger partial charge in [0.25, 0.3) is 11.2 Å². The number of fused-ring (bicyclic) bond motifs is 1. The van der Waals surface area contributed by atoms with Crippen molar-refractivity contribution in [3.63, 3.8) is 0 Å². The molecule has 186 valence electrons. The Hall–Kier alpha value is -3.82. The summed E-state index contributed by atoms with van der Waals surface area (Å²) in [5.74, 6) is 0. The Kier molecular flexibility index (Phi) is 7.32. The summed E-state index contributed by atoms with van der Waals surface area (Å²) in [6.45, 7) is 3.80. The fourth-order valence-electron chi connectivity index (χ4n) is 4.20. The van der Waals surface area contributed by atoms with Gasteiger partial charge in [0.05, 0.1) is 4.92 Å². The summed E-state index contributed by atoms with van der Waals surface area (Å²) >= 11 is 0. The first-order valence-corrected chi connectivity index (χ1v) is 13.1. The molecule has 0 unspecified atom stereocenters. The van der Waals surface area contributed by atoms with E-state index in [9.17, 15) is 23.3 Å². The van der Waals surface area contributed by atoms with E-state index in [-0.39, 0.29) is 18.7 Å². The number of hydrogen-bond acceptors (Lipinski definition) is 5. The van der Waals surface area contributed by atoms with Crippen molar-refractivity contribution in [2.75, 3.05) is 6.54 Å². The monoisotopic (exact) mass is 505 g/mol. The van der Waals surface area contributed by atoms with Gasteiger partial charge in [-0.1, -0.05) is 55.0 Å². The van der Waals surface area contributed by atoms with Crippen LogP contribution in [0.1, 0.15) is 29.2 Å². The third kappa shape index (κ3) is 5.37. The molecule has 0 bridgehead atoms. The molecule has 0 saturated heterocycles. The Bertz CT molecular complexity index is 1590. The standard InChI is InChI=1S/C27H27N3O5S/c1-3-20-11-12-24-22(16-20)17-23(27(31)28-24)18-29(14-13-21-8-6-7-19(2)15-21)36(34,35)26-10-5-4-9-25(26)30(32)33/h4-12,15-17H,3,13-14,18H2,1-2H3,(H,28,31). The van der Waals surface area contributed by atoms with Crippen molar-refractivity contribution in [2.24, 2.45) is 0 Å². The summed E-state index contributed by atoms with van der Waals surface area (Å²) in [5.41, 5.74) is 3.08. The van der Waals surface area contributed by atoms with Crippen LogP contribution in [0.4, 0.5) is 5.69 Å². The number of nitro groups is 1. The lowest BCUT2D eigenvalue weighted by molar-refractivity contribution is -0.387. The van der Waals surface area contributed by atoms with Crippen LogP contribution < -0.4 is 5.56 Å². The molecule has 0 aliphatic heterocycles. The van der Waals surface area contributed by atoms with E-state index >= 15 is 0 Å². The van der Waals surface area contributed by atoms with Gasteiger partial charge < -0.3 is 4.98 Å². The van der Waals surface area contributed by atoms with Crippen LogP contribution in [0.2, 0.25) is 0 Å². The quantitative estimate of drug-likeness (QED) is 0.261. The highest BCUT2D eigenvalue weighted by atomic mass is 32.2. The number of rotatable bonds is 9. The van der Waals surface area contributed by atoms with Crippen molar-refractivity contribution in [1.82, 2.24) is 9.29 Å². The molecular formula is C27H27N3O5S. The van der Waals surface area contributed by atoms with E-state index in [0.29, 0.717) is 11.9 Å². The molecule has 0 spiro atoms. The topological polar surface area (TPSA) is 113 Å². The van der Waals surface area contributed by atoms with E-state index in [1.165, 1.54) is 24.3 Å². The molecule has 0 aliphatic carbocycles. The normalized spacial score (nSPS) is 11.8. The van der Waals surface area contributed by atoms with Crippen molar-refractivity contribution in [3.05, 3.63) is 116 Å². The summed E-state index contributed by atoms with van der Waals surface area (Å²) in [4.78, 5) is 26.2. The molecule has 4 rings (SSSR count). The number of pyridine rings is 1. The number of sulfonamides is 1. The van der Waals surface area contributed by atoms with Gasteiger partial charge in [-0.3, -0.25) is 14.9 Å². The van der Waals surface area contributed by atoms with Gasteiger partial charge in [0.1, 0.15) is 0 Å². The molecule has 9 heteroatoms. The molecule has 1 aromatic heterocycles. The minimum absolute atomic E-state index is 0.0459. The highest BCUT2D eigenvalue weighted by Crippen LogP contribution is 2.28. The number of benzene rings is 3. The zero-order chi connectivity index (χ0) is 25.9. The fraction of sp³-hybridized carbons (Fsp3) is 0.222. The number of nitro benzene ring substituents is 1. The molecular weight excluding hydrogens is 478 g/mol. The van der Waals surface area contributed by atoms with Gasteiger partial charge in [0, 0.05) is 30.2 Å². The molecule has 3 aromatic carbocycles. The highest BCUT2D eigenvalue weighted by Gasteiger charge is 2.32. The van der Waals surface area contributed by atoms with Crippen LogP contribution in [-0.4, -0.2) is 29.2 Å². The number of para-hydroxylation sites is 1. The third-order valence-electron chi connectivity index (χ3n) is 6.15. The maximum absolute atomic E-state index is 13.7. The molecule has 8 nitrogen and oxygen atoms in total. The smallest absolute Gasteiger partial charge is 0.289 e. The number of nitrogens with one attached hydrogen (secondary N) is 1. The van der Waals surface area contributed by atoms with Gasteiger partial charge in [-0.15, -0.1) is 0 Å². The van der Waals surface area contributed by atoms with E-state index in [4.69, 9.17) is 0 Å². The lowest BCUT2D eigenvalue weighted by Gasteiger charge is -2.22. The highest BCUT2D eigenvalue weighted by molar-refractivity contribution is 7.89. The second-order valence-corrected chi connectivity index (χ2v) is 10.6. The van der Waals surface area contributed by atoms with Gasteiger partial charge in [-0.25, -0.2) is 8.42 Å². The number of hydrogen-bond donors (Lipinski definition) is 1. The van der Waals surface area contributed by atoms with Crippen LogP contribution in [0.25, 0.3) is 10.9 Å². The lowest BCUT2D eigenvalue weighted by Crippen LogP contribution is -2.35. The third-order valence-corrected chi connectivity index (χ3v) is 8.05. The average molecular weight is 506 g/mol. The van der Waals surface area contributed by atoms with Crippen LogP contribution in [0.5, 0.6) is 0 Å². The van der Waals surface area contributed by atoms with E-state index in [2.05, 4.69) is 4.98 Å². The Morgan fingerprint density at radius 3 is 2.47 bits per heavy atom. The Balaban J connectivity index is 1.77.